The standard InChI is InChI=1S/C25H22BrN3O3S/c1-12(2)8-19-27-28-25(33-19)29-21(15-6-5-7-16(26)11-15)20-22(30)17-9-13(3)14(4)10-18(17)32-23(20)24(29)31/h5-7,9-12,21H,8H2,1-4H3. The molecule has 4 aromatic rings. The van der Waals surface area contributed by atoms with E-state index in [1.54, 1.807) is 4.90 Å². The second-order valence-corrected chi connectivity index (χ2v) is 10.8. The summed E-state index contributed by atoms with van der Waals surface area (Å²) in [4.78, 5) is 29.0. The van der Waals surface area contributed by atoms with Crippen molar-refractivity contribution in [3.63, 3.8) is 0 Å². The quantitative estimate of drug-likeness (QED) is 0.329. The molecule has 1 unspecified atom stereocenters. The molecule has 0 aliphatic carbocycles. The molecule has 0 saturated carbocycles. The molecule has 1 aliphatic heterocycles. The zero-order valence-electron chi connectivity index (χ0n) is 18.7. The van der Waals surface area contributed by atoms with Gasteiger partial charge >= 0.3 is 0 Å². The van der Waals surface area contributed by atoms with Gasteiger partial charge in [0.15, 0.2) is 5.43 Å². The summed E-state index contributed by atoms with van der Waals surface area (Å²) >= 11 is 4.90. The lowest BCUT2D eigenvalue weighted by Gasteiger charge is -2.22. The Kier molecular flexibility index (Phi) is 5.45. The van der Waals surface area contributed by atoms with E-state index in [2.05, 4.69) is 40.0 Å². The maximum Gasteiger partial charge on any atom is 0.297 e. The maximum absolute atomic E-state index is 13.7. The van der Waals surface area contributed by atoms with Crippen LogP contribution in [-0.2, 0) is 6.42 Å². The van der Waals surface area contributed by atoms with Gasteiger partial charge in [0.2, 0.25) is 10.9 Å². The van der Waals surface area contributed by atoms with Crippen LogP contribution in [0.15, 0.2) is 50.1 Å². The molecule has 0 fully saturated rings. The highest BCUT2D eigenvalue weighted by Crippen LogP contribution is 2.42. The van der Waals surface area contributed by atoms with Gasteiger partial charge in [-0.2, -0.15) is 0 Å². The van der Waals surface area contributed by atoms with E-state index in [0.29, 0.717) is 27.6 Å². The second-order valence-electron chi connectivity index (χ2n) is 8.82. The molecular formula is C25H22BrN3O3S. The lowest BCUT2D eigenvalue weighted by molar-refractivity contribution is 0.0970. The number of aryl methyl sites for hydroxylation is 2. The number of benzene rings is 2. The predicted molar refractivity (Wildman–Crippen MR) is 133 cm³/mol. The van der Waals surface area contributed by atoms with Crippen molar-refractivity contribution in [1.29, 1.82) is 0 Å². The highest BCUT2D eigenvalue weighted by atomic mass is 79.9. The topological polar surface area (TPSA) is 76.3 Å². The van der Waals surface area contributed by atoms with Crippen LogP contribution >= 0.6 is 27.3 Å². The Morgan fingerprint density at radius 3 is 2.61 bits per heavy atom. The number of hydrogen-bond acceptors (Lipinski definition) is 6. The van der Waals surface area contributed by atoms with Crippen LogP contribution in [0, 0.1) is 19.8 Å². The van der Waals surface area contributed by atoms with E-state index < -0.39 is 6.04 Å². The molecular weight excluding hydrogens is 502 g/mol. The average molecular weight is 524 g/mol. The Balaban J connectivity index is 1.76. The van der Waals surface area contributed by atoms with Gasteiger partial charge in [-0.1, -0.05) is 53.2 Å². The number of halogens is 1. The molecule has 1 aliphatic rings. The lowest BCUT2D eigenvalue weighted by Crippen LogP contribution is -2.29. The number of nitrogens with zero attached hydrogens (tertiary/aromatic N) is 3. The van der Waals surface area contributed by atoms with Crippen molar-refractivity contribution in [1.82, 2.24) is 10.2 Å². The maximum atomic E-state index is 13.7. The first-order valence-electron chi connectivity index (χ1n) is 10.7. The Hall–Kier alpha value is -2.84. The van der Waals surface area contributed by atoms with Crippen LogP contribution in [0.1, 0.15) is 57.7 Å². The van der Waals surface area contributed by atoms with E-state index in [4.69, 9.17) is 4.42 Å². The van der Waals surface area contributed by atoms with Crippen molar-refractivity contribution in [2.75, 3.05) is 4.90 Å². The fraction of sp³-hybridized carbons (Fsp3) is 0.280. The molecule has 5 rings (SSSR count). The number of carbonyl (C=O) groups is 1. The summed E-state index contributed by atoms with van der Waals surface area (Å²) in [6.07, 6.45) is 0.772. The van der Waals surface area contributed by atoms with Crippen molar-refractivity contribution >= 4 is 49.3 Å². The first-order valence-corrected chi connectivity index (χ1v) is 12.3. The van der Waals surface area contributed by atoms with Gasteiger partial charge in [0, 0.05) is 10.9 Å². The molecule has 33 heavy (non-hydrogen) atoms. The highest BCUT2D eigenvalue weighted by molar-refractivity contribution is 9.10. The molecule has 2 aromatic heterocycles. The van der Waals surface area contributed by atoms with Crippen LogP contribution in [0.25, 0.3) is 11.0 Å². The van der Waals surface area contributed by atoms with Gasteiger partial charge in [0.05, 0.1) is 17.0 Å². The molecule has 6 nitrogen and oxygen atoms in total. The molecule has 1 amide bonds. The van der Waals surface area contributed by atoms with Crippen molar-refractivity contribution in [3.8, 4) is 0 Å². The third-order valence-electron chi connectivity index (χ3n) is 5.90. The van der Waals surface area contributed by atoms with E-state index in [9.17, 15) is 9.59 Å². The number of hydrogen-bond donors (Lipinski definition) is 0. The van der Waals surface area contributed by atoms with Crippen LogP contribution in [0.3, 0.4) is 0 Å². The van der Waals surface area contributed by atoms with Gasteiger partial charge in [-0.05, 0) is 60.7 Å². The molecule has 0 spiro atoms. The minimum Gasteiger partial charge on any atom is -0.450 e. The second kappa shape index (κ2) is 8.18. The van der Waals surface area contributed by atoms with E-state index in [0.717, 1.165) is 32.6 Å². The van der Waals surface area contributed by atoms with Gasteiger partial charge < -0.3 is 4.42 Å². The summed E-state index contributed by atoms with van der Waals surface area (Å²) in [6, 6.07) is 10.6. The number of rotatable bonds is 4. The van der Waals surface area contributed by atoms with E-state index in [-0.39, 0.29) is 17.1 Å². The Labute approximate surface area is 203 Å². The molecule has 168 valence electrons. The summed E-state index contributed by atoms with van der Waals surface area (Å²) in [6.45, 7) is 8.14. The SMILES string of the molecule is Cc1cc2oc3c(c(=O)c2cc1C)C(c1cccc(Br)c1)N(c1nnc(CC(C)C)s1)C3=O. The highest BCUT2D eigenvalue weighted by Gasteiger charge is 2.45. The first kappa shape index (κ1) is 22.0. The number of fused-ring (bicyclic) bond motifs is 2. The van der Waals surface area contributed by atoms with Crippen LogP contribution in [0.5, 0.6) is 0 Å². The number of aromatic nitrogens is 2. The Morgan fingerprint density at radius 1 is 1.12 bits per heavy atom. The van der Waals surface area contributed by atoms with Gasteiger partial charge in [0.25, 0.3) is 5.91 Å². The minimum absolute atomic E-state index is 0.0707. The molecule has 3 heterocycles. The minimum atomic E-state index is -0.646. The summed E-state index contributed by atoms with van der Waals surface area (Å²) in [5.74, 6) is 0.110. The number of carbonyl (C=O) groups excluding carboxylic acids is 1. The fourth-order valence-corrected chi connectivity index (χ4v) is 5.69. The van der Waals surface area contributed by atoms with Crippen molar-refractivity contribution in [2.45, 2.75) is 40.2 Å². The summed E-state index contributed by atoms with van der Waals surface area (Å²) in [7, 11) is 0. The van der Waals surface area contributed by atoms with Gasteiger partial charge in [-0.25, -0.2) is 0 Å². The zero-order chi connectivity index (χ0) is 23.4. The average Bonchev–Trinajstić information content (AvgIpc) is 3.31. The molecule has 0 N–H and O–H groups in total. The molecule has 0 radical (unpaired) electrons. The van der Waals surface area contributed by atoms with Gasteiger partial charge in [0.1, 0.15) is 10.6 Å². The van der Waals surface area contributed by atoms with Crippen LogP contribution < -0.4 is 10.3 Å². The van der Waals surface area contributed by atoms with Crippen LogP contribution in [-0.4, -0.2) is 16.1 Å². The normalized spacial score (nSPS) is 15.6. The third-order valence-corrected chi connectivity index (χ3v) is 7.33. The van der Waals surface area contributed by atoms with Gasteiger partial charge in [-0.15, -0.1) is 10.2 Å². The predicted octanol–water partition coefficient (Wildman–Crippen LogP) is 5.97. The Bertz CT molecular complexity index is 1470. The molecule has 0 saturated heterocycles. The lowest BCUT2D eigenvalue weighted by atomic mass is 9.98. The molecule has 0 bridgehead atoms. The van der Waals surface area contributed by atoms with Crippen LogP contribution in [0.2, 0.25) is 0 Å². The van der Waals surface area contributed by atoms with Crippen molar-refractivity contribution in [2.24, 2.45) is 5.92 Å². The van der Waals surface area contributed by atoms with Gasteiger partial charge in [-0.3, -0.25) is 14.5 Å². The Morgan fingerprint density at radius 2 is 1.88 bits per heavy atom. The summed E-state index contributed by atoms with van der Waals surface area (Å²) in [5, 5.41) is 10.4. The third kappa shape index (κ3) is 3.71. The van der Waals surface area contributed by atoms with E-state index in [1.807, 2.05) is 50.2 Å². The van der Waals surface area contributed by atoms with Crippen molar-refractivity contribution in [3.05, 3.63) is 84.1 Å². The van der Waals surface area contributed by atoms with Crippen LogP contribution in [0.4, 0.5) is 5.13 Å². The van der Waals surface area contributed by atoms with E-state index >= 15 is 0 Å². The smallest absolute Gasteiger partial charge is 0.297 e. The summed E-state index contributed by atoms with van der Waals surface area (Å²) in [5.41, 5.74) is 3.36. The molecule has 8 heteroatoms. The fourth-order valence-electron chi connectivity index (χ4n) is 4.19. The monoisotopic (exact) mass is 523 g/mol. The van der Waals surface area contributed by atoms with E-state index in [1.165, 1.54) is 11.3 Å². The number of amides is 1. The largest absolute Gasteiger partial charge is 0.450 e. The molecule has 1 atom stereocenters. The van der Waals surface area contributed by atoms with Crippen molar-refractivity contribution < 1.29 is 9.21 Å². The number of anilines is 1. The zero-order valence-corrected chi connectivity index (χ0v) is 21.1. The first-order chi connectivity index (χ1) is 15.7. The molecule has 2 aromatic carbocycles. The summed E-state index contributed by atoms with van der Waals surface area (Å²) < 4.78 is 6.95.